The zero-order valence-corrected chi connectivity index (χ0v) is 18.7. The van der Waals surface area contributed by atoms with E-state index in [4.69, 9.17) is 0 Å². The first-order valence-electron chi connectivity index (χ1n) is 11.4. The molecule has 0 radical (unpaired) electrons. The van der Waals surface area contributed by atoms with Crippen molar-refractivity contribution in [2.75, 3.05) is 11.4 Å². The summed E-state index contributed by atoms with van der Waals surface area (Å²) in [4.78, 5) is 40.3. The van der Waals surface area contributed by atoms with E-state index in [1.807, 2.05) is 36.4 Å². The predicted molar refractivity (Wildman–Crippen MR) is 129 cm³/mol. The molecule has 1 aliphatic rings. The molecular weight excluding hydrogens is 432 g/mol. The number of nitrogens with one attached hydrogen (secondary N) is 1. The van der Waals surface area contributed by atoms with Crippen molar-refractivity contribution >= 4 is 23.1 Å². The Labute approximate surface area is 196 Å². The fraction of sp³-hybridized carbons (Fsp3) is 0.280. The monoisotopic (exact) mass is 458 g/mol. The Hall–Kier alpha value is -4.14. The van der Waals surface area contributed by atoms with Crippen LogP contribution in [0.4, 0.5) is 10.6 Å². The summed E-state index contributed by atoms with van der Waals surface area (Å²) in [6, 6.07) is 20.1. The molecule has 1 atom stereocenters. The summed E-state index contributed by atoms with van der Waals surface area (Å²) in [7, 11) is 0. The smallest absolute Gasteiger partial charge is 0.408 e. The van der Waals surface area contributed by atoms with Crippen LogP contribution in [0.15, 0.2) is 71.8 Å². The van der Waals surface area contributed by atoms with Gasteiger partial charge in [0.2, 0.25) is 0 Å². The van der Waals surface area contributed by atoms with Crippen molar-refractivity contribution in [1.29, 1.82) is 0 Å². The second-order valence-electron chi connectivity index (χ2n) is 8.48. The van der Waals surface area contributed by atoms with E-state index in [1.165, 1.54) is 15.8 Å². The number of aromatic nitrogens is 4. The third-order valence-corrected chi connectivity index (χ3v) is 6.23. The van der Waals surface area contributed by atoms with Crippen LogP contribution in [-0.2, 0) is 13.1 Å². The maximum absolute atomic E-state index is 13.1. The number of H-pyrrole nitrogens is 1. The van der Waals surface area contributed by atoms with Crippen molar-refractivity contribution in [3.63, 3.8) is 0 Å². The highest BCUT2D eigenvalue weighted by Crippen LogP contribution is 2.30. The molecule has 3 heterocycles. The number of hydrogen-bond acceptors (Lipinski definition) is 5. The minimum atomic E-state index is -1.03. The Morgan fingerprint density at radius 1 is 1.00 bits per heavy atom. The molecule has 9 heteroatoms. The van der Waals surface area contributed by atoms with Gasteiger partial charge in [-0.3, -0.25) is 9.47 Å². The van der Waals surface area contributed by atoms with Crippen LogP contribution in [0.3, 0.4) is 0 Å². The highest BCUT2D eigenvalue weighted by atomic mass is 16.4. The van der Waals surface area contributed by atoms with Gasteiger partial charge in [0.1, 0.15) is 18.0 Å². The Balaban J connectivity index is 1.60. The minimum absolute atomic E-state index is 0.380. The molecule has 0 aliphatic carbocycles. The molecule has 1 amide bonds. The number of piperidine rings is 1. The number of imidazole rings is 1. The van der Waals surface area contributed by atoms with Crippen LogP contribution < -0.4 is 10.6 Å². The van der Waals surface area contributed by atoms with Crippen LogP contribution >= 0.6 is 0 Å². The van der Waals surface area contributed by atoms with Crippen molar-refractivity contribution in [3.8, 4) is 0 Å². The molecule has 0 saturated carbocycles. The molecule has 34 heavy (non-hydrogen) atoms. The average Bonchev–Trinajstić information content (AvgIpc) is 3.20. The van der Waals surface area contributed by atoms with Gasteiger partial charge in [0.05, 0.1) is 0 Å². The summed E-state index contributed by atoms with van der Waals surface area (Å²) in [6.45, 7) is 1.56. The predicted octanol–water partition coefficient (Wildman–Crippen LogP) is 3.99. The number of fused-ring (bicyclic) bond motifs is 1. The van der Waals surface area contributed by atoms with E-state index in [-0.39, 0.29) is 5.69 Å². The molecule has 1 unspecified atom stereocenters. The molecule has 1 saturated heterocycles. The number of nitrogens with zero attached hydrogens (tertiary/aromatic N) is 5. The van der Waals surface area contributed by atoms with Gasteiger partial charge in [0.25, 0.3) is 0 Å². The van der Waals surface area contributed by atoms with E-state index in [0.717, 1.165) is 24.0 Å². The first kappa shape index (κ1) is 21.7. The molecule has 9 nitrogen and oxygen atoms in total. The van der Waals surface area contributed by atoms with Crippen LogP contribution in [0.25, 0.3) is 11.2 Å². The highest BCUT2D eigenvalue weighted by Gasteiger charge is 2.31. The van der Waals surface area contributed by atoms with E-state index >= 15 is 0 Å². The van der Waals surface area contributed by atoms with Crippen LogP contribution in [-0.4, -0.2) is 42.2 Å². The van der Waals surface area contributed by atoms with Crippen LogP contribution in [0.2, 0.25) is 0 Å². The van der Waals surface area contributed by atoms with Crippen molar-refractivity contribution in [2.24, 2.45) is 0 Å². The number of aromatic amines is 1. The van der Waals surface area contributed by atoms with Gasteiger partial charge >= 0.3 is 11.8 Å². The van der Waals surface area contributed by atoms with Gasteiger partial charge in [-0.2, -0.15) is 0 Å². The lowest BCUT2D eigenvalue weighted by molar-refractivity contribution is 0.0795. The molecule has 2 aromatic heterocycles. The number of carboxylic acid groups (broad SMARTS) is 1. The fourth-order valence-corrected chi connectivity index (χ4v) is 4.66. The molecule has 1 fully saturated rings. The maximum atomic E-state index is 13.1. The Kier molecular flexibility index (Phi) is 5.99. The lowest BCUT2D eigenvalue weighted by atomic mass is 10.1. The van der Waals surface area contributed by atoms with Gasteiger partial charge in [-0.15, -0.1) is 0 Å². The number of amides is 1. The summed E-state index contributed by atoms with van der Waals surface area (Å²) in [5.74, 6) is 0.603. The van der Waals surface area contributed by atoms with Crippen molar-refractivity contribution < 1.29 is 9.90 Å². The molecule has 4 aromatic rings. The Morgan fingerprint density at radius 3 is 2.26 bits per heavy atom. The standard InChI is InChI=1S/C25H26N6O3/c32-24-28-21-22(26-17-27-23(21)31(24)20-13-7-8-14-30(20)25(33)34)29(15-18-9-3-1-4-10-18)16-19-11-5-2-6-12-19/h1-6,9-12,17,20H,7-8,13-16H2,(H,28,32)(H,33,34). The zero-order chi connectivity index (χ0) is 23.5. The maximum Gasteiger partial charge on any atom is 0.408 e. The van der Waals surface area contributed by atoms with Crippen molar-refractivity contribution in [3.05, 3.63) is 88.6 Å². The molecule has 1 aliphatic heterocycles. The van der Waals surface area contributed by atoms with Gasteiger partial charge in [0.15, 0.2) is 11.5 Å². The second kappa shape index (κ2) is 9.38. The zero-order valence-electron chi connectivity index (χ0n) is 18.7. The van der Waals surface area contributed by atoms with E-state index in [9.17, 15) is 14.7 Å². The van der Waals surface area contributed by atoms with E-state index in [1.54, 1.807) is 0 Å². The largest absolute Gasteiger partial charge is 0.465 e. The third kappa shape index (κ3) is 4.24. The minimum Gasteiger partial charge on any atom is -0.465 e. The molecular formula is C25H26N6O3. The number of hydrogen-bond donors (Lipinski definition) is 2. The summed E-state index contributed by atoms with van der Waals surface area (Å²) >= 11 is 0. The summed E-state index contributed by atoms with van der Waals surface area (Å²) in [5, 5.41) is 9.70. The number of anilines is 1. The molecule has 2 aromatic carbocycles. The lowest BCUT2D eigenvalue weighted by Gasteiger charge is -2.33. The SMILES string of the molecule is O=C(O)N1CCCCC1n1c(=O)[nH]c2c(N(Cc3ccccc3)Cc3ccccc3)ncnc21. The topological polar surface area (TPSA) is 107 Å². The van der Waals surface area contributed by atoms with Gasteiger partial charge in [-0.05, 0) is 30.4 Å². The number of rotatable bonds is 6. The molecule has 2 N–H and O–H groups in total. The quantitative estimate of drug-likeness (QED) is 0.452. The first-order chi connectivity index (χ1) is 16.6. The van der Waals surface area contributed by atoms with Crippen molar-refractivity contribution in [2.45, 2.75) is 38.5 Å². The van der Waals surface area contributed by atoms with Crippen LogP contribution in [0.1, 0.15) is 36.6 Å². The van der Waals surface area contributed by atoms with E-state index < -0.39 is 12.3 Å². The summed E-state index contributed by atoms with van der Waals surface area (Å²) in [5.41, 5.74) is 2.76. The normalized spacial score (nSPS) is 16.0. The Morgan fingerprint density at radius 2 is 1.65 bits per heavy atom. The highest BCUT2D eigenvalue weighted by molar-refractivity contribution is 5.83. The number of carbonyl (C=O) groups is 1. The van der Waals surface area contributed by atoms with E-state index in [2.05, 4.69) is 44.1 Å². The van der Waals surface area contributed by atoms with Crippen LogP contribution in [0, 0.1) is 0 Å². The third-order valence-electron chi connectivity index (χ3n) is 6.23. The number of benzene rings is 2. The van der Waals surface area contributed by atoms with Crippen molar-refractivity contribution in [1.82, 2.24) is 24.4 Å². The molecule has 5 rings (SSSR count). The van der Waals surface area contributed by atoms with E-state index in [0.29, 0.717) is 43.0 Å². The summed E-state index contributed by atoms with van der Waals surface area (Å²) in [6.07, 6.45) is 2.01. The lowest BCUT2D eigenvalue weighted by Crippen LogP contribution is -2.43. The Bertz CT molecular complexity index is 1290. The molecule has 174 valence electrons. The second-order valence-corrected chi connectivity index (χ2v) is 8.48. The van der Waals surface area contributed by atoms with Gasteiger partial charge in [-0.25, -0.2) is 19.6 Å². The van der Waals surface area contributed by atoms with Crippen LogP contribution in [0.5, 0.6) is 0 Å². The summed E-state index contributed by atoms with van der Waals surface area (Å²) < 4.78 is 1.47. The average molecular weight is 459 g/mol. The molecule has 0 spiro atoms. The first-order valence-corrected chi connectivity index (χ1v) is 11.4. The number of likely N-dealkylation sites (tertiary alicyclic amines) is 1. The van der Waals surface area contributed by atoms with Gasteiger partial charge < -0.3 is 15.0 Å². The molecule has 0 bridgehead atoms. The van der Waals surface area contributed by atoms with Gasteiger partial charge in [0, 0.05) is 19.6 Å². The fourth-order valence-electron chi connectivity index (χ4n) is 4.66. The van der Waals surface area contributed by atoms with Gasteiger partial charge in [-0.1, -0.05) is 60.7 Å².